The molecule has 212 valence electrons. The third kappa shape index (κ3) is 5.01. The lowest BCUT2D eigenvalue weighted by atomic mass is 9.82. The van der Waals surface area contributed by atoms with Crippen LogP contribution < -0.4 is 10.6 Å². The largest absolute Gasteiger partial charge is 0.361 e. The number of hydrogen-bond acceptors (Lipinski definition) is 4. The number of aryl methyl sites for hydroxylation is 1. The molecule has 4 fully saturated rings. The number of fused-ring (bicyclic) bond motifs is 2. The van der Waals surface area contributed by atoms with Gasteiger partial charge in [-0.3, -0.25) is 14.5 Å². The second kappa shape index (κ2) is 11.2. The number of likely N-dealkylation sites (N-methyl/N-ethyl adjacent to an activating group) is 1. The SMILES string of the molecule is CN[C@@H](C)C(=O)N[C@H](C(=O)N1CC[C@@H]2[C@H]1[C@@H](c1c[nH]c3cc(C)ccc13)CN2C1CCCC1)C1CCCCC1. The zero-order valence-corrected chi connectivity index (χ0v) is 24.0. The third-order valence-corrected chi connectivity index (χ3v) is 10.5. The van der Waals surface area contributed by atoms with Crippen LogP contribution in [-0.4, -0.2) is 76.9 Å². The van der Waals surface area contributed by atoms with Gasteiger partial charge in [0.05, 0.1) is 12.1 Å². The molecule has 0 radical (unpaired) electrons. The summed E-state index contributed by atoms with van der Waals surface area (Å²) in [5, 5.41) is 7.58. The average molecular weight is 534 g/mol. The Hall–Kier alpha value is -2.38. The van der Waals surface area contributed by atoms with Gasteiger partial charge in [0, 0.05) is 48.2 Å². The van der Waals surface area contributed by atoms with E-state index < -0.39 is 6.04 Å². The number of benzene rings is 1. The minimum Gasteiger partial charge on any atom is -0.361 e. The fourth-order valence-electron chi connectivity index (χ4n) is 8.32. The van der Waals surface area contributed by atoms with E-state index in [1.54, 1.807) is 7.05 Å². The van der Waals surface area contributed by atoms with Gasteiger partial charge in [0.1, 0.15) is 6.04 Å². The van der Waals surface area contributed by atoms with Crippen molar-refractivity contribution in [2.24, 2.45) is 5.92 Å². The molecule has 0 unspecified atom stereocenters. The zero-order valence-electron chi connectivity index (χ0n) is 24.0. The minimum atomic E-state index is -0.431. The van der Waals surface area contributed by atoms with Crippen LogP contribution in [0.2, 0.25) is 0 Å². The summed E-state index contributed by atoms with van der Waals surface area (Å²) in [6.07, 6.45) is 14.0. The number of nitrogens with zero attached hydrogens (tertiary/aromatic N) is 2. The summed E-state index contributed by atoms with van der Waals surface area (Å²) in [5.74, 6) is 0.581. The van der Waals surface area contributed by atoms with Gasteiger partial charge in [-0.1, -0.05) is 44.2 Å². The van der Waals surface area contributed by atoms with E-state index >= 15 is 0 Å². The van der Waals surface area contributed by atoms with Crippen molar-refractivity contribution in [1.82, 2.24) is 25.4 Å². The highest BCUT2D eigenvalue weighted by Gasteiger charge is 2.54. The standard InChI is InChI=1S/C32H47N5O2/c1-20-13-14-24-25(18-34-27(24)17-20)26-19-37(23-11-7-8-12-23)28-15-16-36(30(26)28)32(39)29(22-9-5-4-6-10-22)35-31(38)21(2)33-3/h13-14,17-18,21-23,26,28-30,33-34H,4-12,15-16,19H2,1-3H3,(H,35,38)/t21-,26+,28+,29-,30+/m0/s1. The van der Waals surface area contributed by atoms with E-state index in [0.29, 0.717) is 12.1 Å². The van der Waals surface area contributed by atoms with Crippen LogP contribution in [0.4, 0.5) is 0 Å². The maximum Gasteiger partial charge on any atom is 0.245 e. The van der Waals surface area contributed by atoms with E-state index in [4.69, 9.17) is 0 Å². The molecule has 2 aliphatic carbocycles. The molecule has 2 aliphatic heterocycles. The molecule has 0 bridgehead atoms. The quantitative estimate of drug-likeness (QED) is 0.491. The van der Waals surface area contributed by atoms with Gasteiger partial charge in [0.25, 0.3) is 0 Å². The molecule has 7 heteroatoms. The highest BCUT2D eigenvalue weighted by Crippen LogP contribution is 2.46. The molecule has 0 spiro atoms. The second-order valence-electron chi connectivity index (χ2n) is 12.8. The van der Waals surface area contributed by atoms with Crippen LogP contribution in [0.15, 0.2) is 24.4 Å². The average Bonchev–Trinajstić information content (AvgIpc) is 3.75. The molecule has 1 aromatic heterocycles. The molecule has 3 N–H and O–H groups in total. The summed E-state index contributed by atoms with van der Waals surface area (Å²) >= 11 is 0. The zero-order chi connectivity index (χ0) is 27.1. The number of hydrogen-bond donors (Lipinski definition) is 3. The Morgan fingerprint density at radius 2 is 1.77 bits per heavy atom. The van der Waals surface area contributed by atoms with Crippen LogP contribution in [0.1, 0.15) is 88.2 Å². The summed E-state index contributed by atoms with van der Waals surface area (Å²) in [7, 11) is 1.80. The molecule has 5 atom stereocenters. The number of H-pyrrole nitrogens is 1. The van der Waals surface area contributed by atoms with Crippen molar-refractivity contribution in [3.05, 3.63) is 35.5 Å². The summed E-state index contributed by atoms with van der Waals surface area (Å²) in [5.41, 5.74) is 3.79. The smallest absolute Gasteiger partial charge is 0.245 e. The van der Waals surface area contributed by atoms with E-state index in [-0.39, 0.29) is 35.7 Å². The summed E-state index contributed by atoms with van der Waals surface area (Å²) in [6, 6.07) is 7.14. The van der Waals surface area contributed by atoms with Crippen molar-refractivity contribution < 1.29 is 9.59 Å². The van der Waals surface area contributed by atoms with Crippen LogP contribution in [0.25, 0.3) is 10.9 Å². The number of aromatic amines is 1. The third-order valence-electron chi connectivity index (χ3n) is 10.5. The Morgan fingerprint density at radius 1 is 1.03 bits per heavy atom. The van der Waals surface area contributed by atoms with Gasteiger partial charge in [-0.2, -0.15) is 0 Å². The number of carbonyl (C=O) groups is 2. The number of carbonyl (C=O) groups excluding carboxylic acids is 2. The number of aromatic nitrogens is 1. The monoisotopic (exact) mass is 533 g/mol. The first kappa shape index (κ1) is 26.8. The predicted octanol–water partition coefficient (Wildman–Crippen LogP) is 4.46. The predicted molar refractivity (Wildman–Crippen MR) is 156 cm³/mol. The van der Waals surface area contributed by atoms with Crippen LogP contribution in [-0.2, 0) is 9.59 Å². The minimum absolute atomic E-state index is 0.0697. The van der Waals surface area contributed by atoms with Gasteiger partial charge in [-0.15, -0.1) is 0 Å². The topological polar surface area (TPSA) is 80.5 Å². The molecule has 2 saturated heterocycles. The van der Waals surface area contributed by atoms with E-state index in [9.17, 15) is 9.59 Å². The lowest BCUT2D eigenvalue weighted by molar-refractivity contribution is -0.139. The number of likely N-dealkylation sites (tertiary alicyclic amines) is 2. The van der Waals surface area contributed by atoms with Crippen LogP contribution in [0.3, 0.4) is 0 Å². The molecule has 6 rings (SSSR count). The number of amides is 2. The molecular weight excluding hydrogens is 486 g/mol. The van der Waals surface area contributed by atoms with Gasteiger partial charge >= 0.3 is 0 Å². The summed E-state index contributed by atoms with van der Waals surface area (Å²) in [4.78, 5) is 36.2. The van der Waals surface area contributed by atoms with Crippen molar-refractivity contribution in [3.63, 3.8) is 0 Å². The fourth-order valence-corrected chi connectivity index (χ4v) is 8.32. The lowest BCUT2D eigenvalue weighted by Crippen LogP contribution is -2.57. The van der Waals surface area contributed by atoms with Gasteiger partial charge in [-0.25, -0.2) is 0 Å². The molecule has 4 aliphatic rings. The highest BCUT2D eigenvalue weighted by molar-refractivity contribution is 5.90. The van der Waals surface area contributed by atoms with Crippen LogP contribution in [0.5, 0.6) is 0 Å². The van der Waals surface area contributed by atoms with E-state index in [2.05, 4.69) is 56.7 Å². The Kier molecular flexibility index (Phi) is 7.73. The van der Waals surface area contributed by atoms with Crippen LogP contribution in [0, 0.1) is 12.8 Å². The molecule has 39 heavy (non-hydrogen) atoms. The van der Waals surface area contributed by atoms with E-state index in [1.807, 2.05) is 6.92 Å². The first-order chi connectivity index (χ1) is 19.0. The van der Waals surface area contributed by atoms with Gasteiger partial charge in [0.2, 0.25) is 11.8 Å². The number of nitrogens with one attached hydrogen (secondary N) is 3. The fraction of sp³-hybridized carbons (Fsp3) is 0.688. The Morgan fingerprint density at radius 3 is 2.51 bits per heavy atom. The molecular formula is C32H47N5O2. The molecule has 2 aromatic rings. The van der Waals surface area contributed by atoms with Gasteiger partial charge in [0.15, 0.2) is 0 Å². The van der Waals surface area contributed by atoms with E-state index in [1.165, 1.54) is 54.1 Å². The first-order valence-corrected chi connectivity index (χ1v) is 15.6. The Balaban J connectivity index is 1.33. The van der Waals surface area contributed by atoms with Gasteiger partial charge < -0.3 is 20.5 Å². The van der Waals surface area contributed by atoms with E-state index in [0.717, 1.165) is 45.2 Å². The van der Waals surface area contributed by atoms with Gasteiger partial charge in [-0.05, 0) is 76.1 Å². The molecule has 3 heterocycles. The summed E-state index contributed by atoms with van der Waals surface area (Å²) < 4.78 is 0. The molecule has 2 amide bonds. The van der Waals surface area contributed by atoms with Crippen molar-refractivity contribution in [2.45, 2.75) is 114 Å². The van der Waals surface area contributed by atoms with Crippen molar-refractivity contribution >= 4 is 22.7 Å². The maximum absolute atomic E-state index is 14.5. The normalized spacial score (nSPS) is 28.2. The highest BCUT2D eigenvalue weighted by atomic mass is 16.2. The first-order valence-electron chi connectivity index (χ1n) is 15.6. The Bertz CT molecular complexity index is 1180. The number of rotatable bonds is 7. The van der Waals surface area contributed by atoms with Crippen LogP contribution >= 0.6 is 0 Å². The lowest BCUT2D eigenvalue weighted by Gasteiger charge is -2.36. The molecule has 2 saturated carbocycles. The Labute approximate surface area is 233 Å². The van der Waals surface area contributed by atoms with Crippen molar-refractivity contribution in [3.8, 4) is 0 Å². The second-order valence-corrected chi connectivity index (χ2v) is 12.8. The maximum atomic E-state index is 14.5. The van der Waals surface area contributed by atoms with Crippen molar-refractivity contribution in [1.29, 1.82) is 0 Å². The summed E-state index contributed by atoms with van der Waals surface area (Å²) in [6.45, 7) is 5.81. The van der Waals surface area contributed by atoms with Crippen molar-refractivity contribution in [2.75, 3.05) is 20.1 Å². The molecule has 1 aromatic carbocycles. The molecule has 7 nitrogen and oxygen atoms in total.